The number of amidine groups is 1. The summed E-state index contributed by atoms with van der Waals surface area (Å²) in [4.78, 5) is 20.1. The van der Waals surface area contributed by atoms with Crippen molar-refractivity contribution in [1.82, 2.24) is 4.90 Å². The lowest BCUT2D eigenvalue weighted by Crippen LogP contribution is -2.38. The van der Waals surface area contributed by atoms with Crippen molar-refractivity contribution in [2.75, 3.05) is 18.4 Å². The molecule has 5 rings (SSSR count). The van der Waals surface area contributed by atoms with E-state index in [1.807, 2.05) is 42.5 Å². The van der Waals surface area contributed by atoms with Crippen LogP contribution in [0.25, 0.3) is 0 Å². The molecule has 0 aliphatic carbocycles. The van der Waals surface area contributed by atoms with E-state index in [0.717, 1.165) is 54.5 Å². The third-order valence-electron chi connectivity index (χ3n) is 5.98. The smallest absolute Gasteiger partial charge is 0.255 e. The largest absolute Gasteiger partial charge is 0.454 e. The van der Waals surface area contributed by atoms with Crippen molar-refractivity contribution in [2.24, 2.45) is 10.9 Å². The number of hydrogen-bond acceptors (Lipinski definition) is 4. The zero-order chi connectivity index (χ0) is 22.1. The number of ether oxygens (including phenoxy) is 1. The normalized spacial score (nSPS) is 15.7. The highest BCUT2D eigenvalue weighted by atomic mass is 35.5. The average Bonchev–Trinajstić information content (AvgIpc) is 2.96. The summed E-state index contributed by atoms with van der Waals surface area (Å²) in [5.74, 6) is 2.87. The number of hydrogen-bond donors (Lipinski definition) is 1. The molecule has 6 heteroatoms. The van der Waals surface area contributed by atoms with E-state index in [9.17, 15) is 4.79 Å². The number of likely N-dealkylation sites (tertiary alicyclic amines) is 1. The van der Waals surface area contributed by atoms with Gasteiger partial charge in [-0.2, -0.15) is 0 Å². The van der Waals surface area contributed by atoms with Gasteiger partial charge in [0.15, 0.2) is 5.75 Å². The van der Waals surface area contributed by atoms with Gasteiger partial charge in [0.05, 0.1) is 5.56 Å². The van der Waals surface area contributed by atoms with Crippen LogP contribution >= 0.6 is 11.6 Å². The molecule has 0 unspecified atom stereocenters. The first-order chi connectivity index (χ1) is 15.6. The molecule has 2 heterocycles. The van der Waals surface area contributed by atoms with Gasteiger partial charge < -0.3 is 15.0 Å². The standard InChI is InChI=1S/C26H24ClN3O2/c1-17-12-14-30(15-13-17)25-21-16-20(28-26(31)18-6-8-19(27)9-7-18)10-11-23(21)32-24-5-3-2-4-22(24)29-25/h2-11,16-17H,12-15H2,1H3,(H,28,31). The molecule has 1 N–H and O–H groups in total. The summed E-state index contributed by atoms with van der Waals surface area (Å²) >= 11 is 5.95. The fourth-order valence-corrected chi connectivity index (χ4v) is 4.19. The lowest BCUT2D eigenvalue weighted by molar-refractivity contribution is 0.102. The van der Waals surface area contributed by atoms with Crippen LogP contribution in [0.5, 0.6) is 11.5 Å². The van der Waals surface area contributed by atoms with Crippen molar-refractivity contribution in [2.45, 2.75) is 19.8 Å². The molecule has 0 bridgehead atoms. The zero-order valence-corrected chi connectivity index (χ0v) is 18.6. The number of nitrogens with zero attached hydrogens (tertiary/aromatic N) is 2. The highest BCUT2D eigenvalue weighted by Gasteiger charge is 2.26. The van der Waals surface area contributed by atoms with E-state index in [1.165, 1.54) is 0 Å². The van der Waals surface area contributed by atoms with Crippen molar-refractivity contribution in [3.8, 4) is 11.5 Å². The molecule has 0 radical (unpaired) electrons. The zero-order valence-electron chi connectivity index (χ0n) is 17.8. The van der Waals surface area contributed by atoms with Crippen molar-refractivity contribution in [3.63, 3.8) is 0 Å². The van der Waals surface area contributed by atoms with Crippen LogP contribution in [0.1, 0.15) is 35.7 Å². The molecule has 2 aliphatic rings. The number of halogens is 1. The van der Waals surface area contributed by atoms with Crippen LogP contribution in [-0.4, -0.2) is 29.7 Å². The fraction of sp³-hybridized carbons (Fsp3) is 0.231. The maximum Gasteiger partial charge on any atom is 0.255 e. The molecule has 1 saturated heterocycles. The van der Waals surface area contributed by atoms with Gasteiger partial charge >= 0.3 is 0 Å². The second-order valence-corrected chi connectivity index (χ2v) is 8.78. The van der Waals surface area contributed by atoms with Crippen molar-refractivity contribution in [3.05, 3.63) is 82.9 Å². The lowest BCUT2D eigenvalue weighted by Gasteiger charge is -2.33. The van der Waals surface area contributed by atoms with Crippen LogP contribution in [0.2, 0.25) is 5.02 Å². The molecule has 162 valence electrons. The molecular formula is C26H24ClN3O2. The second kappa shape index (κ2) is 8.67. The molecule has 5 nitrogen and oxygen atoms in total. The molecule has 1 amide bonds. The second-order valence-electron chi connectivity index (χ2n) is 8.35. The van der Waals surface area contributed by atoms with Gasteiger partial charge in [-0.1, -0.05) is 30.7 Å². The number of fused-ring (bicyclic) bond motifs is 2. The molecule has 0 saturated carbocycles. The highest BCUT2D eigenvalue weighted by Crippen LogP contribution is 2.39. The van der Waals surface area contributed by atoms with Crippen LogP contribution in [-0.2, 0) is 0 Å². The topological polar surface area (TPSA) is 53.9 Å². The summed E-state index contributed by atoms with van der Waals surface area (Å²) in [6.45, 7) is 4.19. The van der Waals surface area contributed by atoms with E-state index < -0.39 is 0 Å². The van der Waals surface area contributed by atoms with E-state index in [2.05, 4.69) is 17.1 Å². The fourth-order valence-electron chi connectivity index (χ4n) is 4.07. The Balaban J connectivity index is 1.51. The monoisotopic (exact) mass is 445 g/mol. The Morgan fingerprint density at radius 2 is 1.78 bits per heavy atom. The van der Waals surface area contributed by atoms with Crippen LogP contribution in [0.4, 0.5) is 11.4 Å². The number of piperidine rings is 1. The molecule has 3 aromatic carbocycles. The van der Waals surface area contributed by atoms with Crippen molar-refractivity contribution >= 4 is 34.7 Å². The van der Waals surface area contributed by atoms with Gasteiger partial charge in [-0.05, 0) is 73.4 Å². The van der Waals surface area contributed by atoms with Crippen molar-refractivity contribution in [1.29, 1.82) is 0 Å². The highest BCUT2D eigenvalue weighted by molar-refractivity contribution is 6.30. The predicted molar refractivity (Wildman–Crippen MR) is 129 cm³/mol. The van der Waals surface area contributed by atoms with Crippen LogP contribution in [0.3, 0.4) is 0 Å². The van der Waals surface area contributed by atoms with Gasteiger partial charge in [0.2, 0.25) is 0 Å². The minimum atomic E-state index is -0.190. The number of anilines is 1. The first-order valence-corrected chi connectivity index (χ1v) is 11.3. The van der Waals surface area contributed by atoms with E-state index >= 15 is 0 Å². The van der Waals surface area contributed by atoms with Gasteiger partial charge in [-0.15, -0.1) is 0 Å². The molecular weight excluding hydrogens is 422 g/mol. The first kappa shape index (κ1) is 20.6. The first-order valence-electron chi connectivity index (χ1n) is 10.9. The minimum absolute atomic E-state index is 0.190. The quantitative estimate of drug-likeness (QED) is 0.489. The van der Waals surface area contributed by atoms with Gasteiger partial charge in [-0.3, -0.25) is 4.79 Å². The number of rotatable bonds is 2. The Labute approximate surface area is 192 Å². The number of carbonyl (C=O) groups is 1. The number of benzene rings is 3. The van der Waals surface area contributed by atoms with E-state index in [1.54, 1.807) is 24.3 Å². The Kier molecular flexibility index (Phi) is 5.58. The van der Waals surface area contributed by atoms with Crippen LogP contribution < -0.4 is 10.1 Å². The molecule has 0 aromatic heterocycles. The van der Waals surface area contributed by atoms with E-state index in [0.29, 0.717) is 22.2 Å². The predicted octanol–water partition coefficient (Wildman–Crippen LogP) is 6.51. The SMILES string of the molecule is CC1CCN(C2=Nc3ccccc3Oc3ccc(NC(=O)c4ccc(Cl)cc4)cc32)CC1. The Hall–Kier alpha value is -3.31. The average molecular weight is 446 g/mol. The number of nitrogens with one attached hydrogen (secondary N) is 1. The summed E-state index contributed by atoms with van der Waals surface area (Å²) in [5, 5.41) is 3.59. The summed E-state index contributed by atoms with van der Waals surface area (Å²) in [6, 6.07) is 20.4. The summed E-state index contributed by atoms with van der Waals surface area (Å²) in [5.41, 5.74) is 2.93. The van der Waals surface area contributed by atoms with Crippen molar-refractivity contribution < 1.29 is 9.53 Å². The Morgan fingerprint density at radius 3 is 2.56 bits per heavy atom. The summed E-state index contributed by atoms with van der Waals surface area (Å²) in [7, 11) is 0. The lowest BCUT2D eigenvalue weighted by atomic mass is 9.98. The van der Waals surface area contributed by atoms with Gasteiger partial charge in [-0.25, -0.2) is 4.99 Å². The molecule has 3 aromatic rings. The maximum absolute atomic E-state index is 12.7. The number of aliphatic imine (C=N–C) groups is 1. The van der Waals surface area contributed by atoms with E-state index in [4.69, 9.17) is 21.3 Å². The van der Waals surface area contributed by atoms with Gasteiger partial charge in [0.25, 0.3) is 5.91 Å². The third-order valence-corrected chi connectivity index (χ3v) is 6.23. The number of amides is 1. The minimum Gasteiger partial charge on any atom is -0.454 e. The van der Waals surface area contributed by atoms with Gasteiger partial charge in [0, 0.05) is 29.4 Å². The maximum atomic E-state index is 12.7. The Morgan fingerprint density at radius 1 is 1.03 bits per heavy atom. The molecule has 32 heavy (non-hydrogen) atoms. The number of para-hydroxylation sites is 2. The van der Waals surface area contributed by atoms with Gasteiger partial charge in [0.1, 0.15) is 17.3 Å². The third kappa shape index (κ3) is 4.21. The molecule has 0 atom stereocenters. The van der Waals surface area contributed by atoms with E-state index in [-0.39, 0.29) is 5.91 Å². The molecule has 1 fully saturated rings. The summed E-state index contributed by atoms with van der Waals surface area (Å²) < 4.78 is 6.23. The summed E-state index contributed by atoms with van der Waals surface area (Å²) in [6.07, 6.45) is 2.26. The molecule has 2 aliphatic heterocycles. The molecule has 0 spiro atoms. The number of carbonyl (C=O) groups excluding carboxylic acids is 1. The Bertz CT molecular complexity index is 1180. The van der Waals surface area contributed by atoms with Crippen LogP contribution in [0, 0.1) is 5.92 Å². The van der Waals surface area contributed by atoms with Crippen LogP contribution in [0.15, 0.2) is 71.7 Å².